The molecule has 2 heteroatoms. The van der Waals surface area contributed by atoms with Gasteiger partial charge in [0.05, 0.1) is 6.10 Å². The van der Waals surface area contributed by atoms with Crippen LogP contribution >= 0.6 is 0 Å². The number of ether oxygens (including phenoxy) is 1. The van der Waals surface area contributed by atoms with E-state index in [1.165, 1.54) is 19.3 Å². The smallest absolute Gasteiger partial charge is 0.152 e. The minimum atomic E-state index is 0.0998. The third-order valence-electron chi connectivity index (χ3n) is 2.23. The Labute approximate surface area is 80.0 Å². The normalized spacial score (nSPS) is 26.6. The topological polar surface area (TPSA) is 29.6 Å². The Bertz CT molecular complexity index is 196. The maximum atomic E-state index is 10.6. The Morgan fingerprint density at radius 3 is 2.85 bits per heavy atom. The number of epoxide rings is 1. The van der Waals surface area contributed by atoms with Crippen molar-refractivity contribution in [2.24, 2.45) is 0 Å². The van der Waals surface area contributed by atoms with Crippen LogP contribution in [0.1, 0.15) is 39.5 Å². The summed E-state index contributed by atoms with van der Waals surface area (Å²) in [6.45, 7) is 3.76. The molecule has 0 bridgehead atoms. The molecule has 0 saturated carbocycles. The van der Waals surface area contributed by atoms with Crippen LogP contribution in [0.3, 0.4) is 0 Å². The van der Waals surface area contributed by atoms with Crippen LogP contribution in [0, 0.1) is 0 Å². The van der Waals surface area contributed by atoms with Crippen LogP contribution in [-0.4, -0.2) is 18.0 Å². The van der Waals surface area contributed by atoms with Gasteiger partial charge in [-0.25, -0.2) is 0 Å². The number of rotatable bonds is 6. The zero-order chi connectivity index (χ0) is 9.68. The van der Waals surface area contributed by atoms with Gasteiger partial charge in [0.15, 0.2) is 5.78 Å². The summed E-state index contributed by atoms with van der Waals surface area (Å²) in [5.74, 6) is 0.0998. The molecule has 1 fully saturated rings. The summed E-state index contributed by atoms with van der Waals surface area (Å²) in [6.07, 6.45) is 9.00. The lowest BCUT2D eigenvalue weighted by atomic mass is 10.1. The molecule has 0 spiro atoms. The fourth-order valence-corrected chi connectivity index (χ4v) is 1.38. The highest BCUT2D eigenvalue weighted by atomic mass is 16.6. The van der Waals surface area contributed by atoms with Crippen molar-refractivity contribution in [2.75, 3.05) is 0 Å². The van der Waals surface area contributed by atoms with Crippen molar-refractivity contribution in [3.63, 3.8) is 0 Å². The molecule has 0 amide bonds. The molecule has 0 aromatic rings. The molecule has 2 atom stereocenters. The van der Waals surface area contributed by atoms with E-state index in [-0.39, 0.29) is 11.9 Å². The standard InChI is InChI=1S/C11H18O2/c1-3-4-5-6-10-11(13-10)8-7-9(2)12/h7-8,10-11H,3-6H2,1-2H3/b8-7+/t10-,11+/m0/s1. The van der Waals surface area contributed by atoms with Crippen molar-refractivity contribution in [1.82, 2.24) is 0 Å². The second-order valence-electron chi connectivity index (χ2n) is 3.60. The van der Waals surface area contributed by atoms with E-state index in [1.807, 2.05) is 6.08 Å². The van der Waals surface area contributed by atoms with Gasteiger partial charge in [-0.3, -0.25) is 4.79 Å². The van der Waals surface area contributed by atoms with Crippen molar-refractivity contribution in [2.45, 2.75) is 51.7 Å². The fraction of sp³-hybridized carbons (Fsp3) is 0.727. The van der Waals surface area contributed by atoms with Crippen LogP contribution in [0.15, 0.2) is 12.2 Å². The first-order valence-corrected chi connectivity index (χ1v) is 5.08. The summed E-state index contributed by atoms with van der Waals surface area (Å²) in [5, 5.41) is 0. The number of carbonyl (C=O) groups excluding carboxylic acids is 1. The zero-order valence-corrected chi connectivity index (χ0v) is 8.45. The van der Waals surface area contributed by atoms with E-state index in [2.05, 4.69) is 6.92 Å². The van der Waals surface area contributed by atoms with Crippen LogP contribution in [0.25, 0.3) is 0 Å². The Balaban J connectivity index is 2.05. The molecule has 0 N–H and O–H groups in total. The van der Waals surface area contributed by atoms with Gasteiger partial charge in [0, 0.05) is 0 Å². The molecule has 1 heterocycles. The van der Waals surface area contributed by atoms with Gasteiger partial charge >= 0.3 is 0 Å². The molecule has 74 valence electrons. The van der Waals surface area contributed by atoms with E-state index < -0.39 is 0 Å². The van der Waals surface area contributed by atoms with Gasteiger partial charge in [-0.1, -0.05) is 26.2 Å². The maximum absolute atomic E-state index is 10.6. The van der Waals surface area contributed by atoms with Gasteiger partial charge in [0.25, 0.3) is 0 Å². The third-order valence-corrected chi connectivity index (χ3v) is 2.23. The third kappa shape index (κ3) is 4.23. The molecule has 0 aromatic carbocycles. The van der Waals surface area contributed by atoms with Gasteiger partial charge in [-0.2, -0.15) is 0 Å². The summed E-state index contributed by atoms with van der Waals surface area (Å²) in [6, 6.07) is 0. The summed E-state index contributed by atoms with van der Waals surface area (Å²) in [4.78, 5) is 10.6. The average Bonchev–Trinajstić information content (AvgIpc) is 2.81. The van der Waals surface area contributed by atoms with Gasteiger partial charge in [-0.15, -0.1) is 0 Å². The number of ketones is 1. The van der Waals surface area contributed by atoms with Crippen LogP contribution in [-0.2, 0) is 9.53 Å². The molecule has 1 aliphatic heterocycles. The number of hydrogen-bond donors (Lipinski definition) is 0. The van der Waals surface area contributed by atoms with E-state index in [9.17, 15) is 4.79 Å². The summed E-state index contributed by atoms with van der Waals surface area (Å²) in [7, 11) is 0. The molecular formula is C11H18O2. The van der Waals surface area contributed by atoms with E-state index in [0.29, 0.717) is 6.10 Å². The molecule has 13 heavy (non-hydrogen) atoms. The first-order valence-electron chi connectivity index (χ1n) is 5.08. The minimum Gasteiger partial charge on any atom is -0.365 e. The van der Waals surface area contributed by atoms with Gasteiger partial charge in [0.1, 0.15) is 6.10 Å². The van der Waals surface area contributed by atoms with Gasteiger partial charge < -0.3 is 4.74 Å². The lowest BCUT2D eigenvalue weighted by Crippen LogP contribution is -1.91. The number of hydrogen-bond acceptors (Lipinski definition) is 2. The van der Waals surface area contributed by atoms with E-state index >= 15 is 0 Å². The van der Waals surface area contributed by atoms with Crippen LogP contribution in [0.4, 0.5) is 0 Å². The summed E-state index contributed by atoms with van der Waals surface area (Å²) < 4.78 is 5.37. The second kappa shape index (κ2) is 5.18. The summed E-state index contributed by atoms with van der Waals surface area (Å²) in [5.41, 5.74) is 0. The highest BCUT2D eigenvalue weighted by Crippen LogP contribution is 2.28. The SMILES string of the molecule is CCCCC[C@@H]1O[C@@H]1/C=C/C(C)=O. The monoisotopic (exact) mass is 182 g/mol. The van der Waals surface area contributed by atoms with Crippen molar-refractivity contribution >= 4 is 5.78 Å². The first-order chi connectivity index (χ1) is 6.24. The minimum absolute atomic E-state index is 0.0998. The largest absolute Gasteiger partial charge is 0.365 e. The molecule has 1 aliphatic rings. The van der Waals surface area contributed by atoms with Gasteiger partial charge in [-0.05, 0) is 25.5 Å². The van der Waals surface area contributed by atoms with Crippen molar-refractivity contribution < 1.29 is 9.53 Å². The lowest BCUT2D eigenvalue weighted by Gasteiger charge is -1.92. The molecule has 1 rings (SSSR count). The van der Waals surface area contributed by atoms with Crippen LogP contribution in [0.2, 0.25) is 0 Å². The molecule has 0 aliphatic carbocycles. The second-order valence-corrected chi connectivity index (χ2v) is 3.60. The predicted molar refractivity (Wildman–Crippen MR) is 52.6 cm³/mol. The number of allylic oxidation sites excluding steroid dienone is 1. The Kier molecular flexibility index (Phi) is 4.16. The molecule has 0 unspecified atom stereocenters. The Hall–Kier alpha value is -0.630. The van der Waals surface area contributed by atoms with Crippen LogP contribution < -0.4 is 0 Å². The fourth-order valence-electron chi connectivity index (χ4n) is 1.38. The highest BCUT2D eigenvalue weighted by molar-refractivity contribution is 5.87. The molecular weight excluding hydrogens is 164 g/mol. The molecule has 0 aromatic heterocycles. The van der Waals surface area contributed by atoms with Crippen molar-refractivity contribution in [3.8, 4) is 0 Å². The summed E-state index contributed by atoms with van der Waals surface area (Å²) >= 11 is 0. The van der Waals surface area contributed by atoms with E-state index in [0.717, 1.165) is 6.42 Å². The van der Waals surface area contributed by atoms with Crippen molar-refractivity contribution in [3.05, 3.63) is 12.2 Å². The molecule has 1 saturated heterocycles. The maximum Gasteiger partial charge on any atom is 0.152 e. The Morgan fingerprint density at radius 2 is 2.23 bits per heavy atom. The number of unbranched alkanes of at least 4 members (excludes halogenated alkanes) is 2. The molecule has 2 nitrogen and oxygen atoms in total. The van der Waals surface area contributed by atoms with Crippen LogP contribution in [0.5, 0.6) is 0 Å². The highest BCUT2D eigenvalue weighted by Gasteiger charge is 2.35. The van der Waals surface area contributed by atoms with E-state index in [1.54, 1.807) is 13.0 Å². The Morgan fingerprint density at radius 1 is 1.46 bits per heavy atom. The van der Waals surface area contributed by atoms with E-state index in [4.69, 9.17) is 4.74 Å². The lowest BCUT2D eigenvalue weighted by molar-refractivity contribution is -0.112. The molecule has 0 radical (unpaired) electrons. The predicted octanol–water partition coefficient (Wildman–Crippen LogP) is 2.48. The van der Waals surface area contributed by atoms with Crippen molar-refractivity contribution in [1.29, 1.82) is 0 Å². The first kappa shape index (κ1) is 10.5. The van der Waals surface area contributed by atoms with Gasteiger partial charge in [0.2, 0.25) is 0 Å². The quantitative estimate of drug-likeness (QED) is 0.359. The zero-order valence-electron chi connectivity index (χ0n) is 8.45. The number of carbonyl (C=O) groups is 1. The average molecular weight is 182 g/mol.